The molecular formula is C16H13ClF2N2. The number of likely N-dealkylation sites (N-methyl/N-ethyl adjacent to an activating group) is 1. The number of aliphatic imine (C=N–C) groups is 1. The minimum Gasteiger partial charge on any atom is -0.372 e. The van der Waals surface area contributed by atoms with Crippen molar-refractivity contribution in [1.29, 1.82) is 0 Å². The van der Waals surface area contributed by atoms with E-state index in [1.54, 1.807) is 12.1 Å². The summed E-state index contributed by atoms with van der Waals surface area (Å²) >= 11 is 6.05. The second kappa shape index (κ2) is 5.45. The molecule has 1 aliphatic heterocycles. The van der Waals surface area contributed by atoms with Gasteiger partial charge in [-0.15, -0.1) is 0 Å². The third-order valence-electron chi connectivity index (χ3n) is 3.53. The molecule has 0 unspecified atom stereocenters. The third-order valence-corrected chi connectivity index (χ3v) is 3.76. The highest BCUT2D eigenvalue weighted by Gasteiger charge is 2.23. The highest BCUT2D eigenvalue weighted by atomic mass is 35.5. The molecule has 0 amide bonds. The Labute approximate surface area is 126 Å². The van der Waals surface area contributed by atoms with Gasteiger partial charge in [0, 0.05) is 29.9 Å². The smallest absolute Gasteiger partial charge is 0.135 e. The molecule has 0 radical (unpaired) electrons. The number of halogens is 3. The van der Waals surface area contributed by atoms with Gasteiger partial charge in [-0.25, -0.2) is 8.78 Å². The molecule has 0 bridgehead atoms. The maximum Gasteiger partial charge on any atom is 0.135 e. The van der Waals surface area contributed by atoms with Gasteiger partial charge in [-0.2, -0.15) is 0 Å². The van der Waals surface area contributed by atoms with E-state index in [-0.39, 0.29) is 5.56 Å². The van der Waals surface area contributed by atoms with Crippen LogP contribution in [0.15, 0.2) is 41.4 Å². The van der Waals surface area contributed by atoms with Crippen molar-refractivity contribution in [3.05, 3.63) is 64.2 Å². The van der Waals surface area contributed by atoms with Crippen LogP contribution in [0.3, 0.4) is 0 Å². The number of rotatable bonds is 1. The molecule has 0 saturated carbocycles. The van der Waals surface area contributed by atoms with Crippen LogP contribution in [0.1, 0.15) is 11.1 Å². The van der Waals surface area contributed by atoms with E-state index in [0.29, 0.717) is 29.4 Å². The van der Waals surface area contributed by atoms with Gasteiger partial charge >= 0.3 is 0 Å². The van der Waals surface area contributed by atoms with Gasteiger partial charge in [0.1, 0.15) is 11.6 Å². The van der Waals surface area contributed by atoms with Crippen molar-refractivity contribution in [2.75, 3.05) is 25.0 Å². The van der Waals surface area contributed by atoms with Crippen molar-refractivity contribution in [2.24, 2.45) is 4.99 Å². The lowest BCUT2D eigenvalue weighted by molar-refractivity contribution is 0.579. The fourth-order valence-corrected chi connectivity index (χ4v) is 2.66. The Morgan fingerprint density at radius 2 is 1.86 bits per heavy atom. The van der Waals surface area contributed by atoms with Crippen LogP contribution in [0.4, 0.5) is 14.5 Å². The number of benzodiazepines with no additional fused rings is 1. The third kappa shape index (κ3) is 2.51. The van der Waals surface area contributed by atoms with E-state index < -0.39 is 11.6 Å². The molecule has 5 heteroatoms. The highest BCUT2D eigenvalue weighted by molar-refractivity contribution is 6.31. The molecule has 0 aliphatic carbocycles. The minimum absolute atomic E-state index is 0.101. The normalized spacial score (nSPS) is 14.5. The van der Waals surface area contributed by atoms with Gasteiger partial charge < -0.3 is 4.90 Å². The molecule has 0 fully saturated rings. The Morgan fingerprint density at radius 1 is 1.14 bits per heavy atom. The van der Waals surface area contributed by atoms with E-state index in [2.05, 4.69) is 4.99 Å². The van der Waals surface area contributed by atoms with Crippen molar-refractivity contribution in [1.82, 2.24) is 0 Å². The van der Waals surface area contributed by atoms with Gasteiger partial charge in [0.05, 0.1) is 17.8 Å². The summed E-state index contributed by atoms with van der Waals surface area (Å²) < 4.78 is 28.2. The molecule has 0 spiro atoms. The second-order valence-electron chi connectivity index (χ2n) is 4.91. The van der Waals surface area contributed by atoms with Crippen LogP contribution in [0.2, 0.25) is 5.02 Å². The fourth-order valence-electron chi connectivity index (χ4n) is 2.49. The lowest BCUT2D eigenvalue weighted by atomic mass is 9.99. The van der Waals surface area contributed by atoms with Crippen LogP contribution in [0, 0.1) is 11.6 Å². The van der Waals surface area contributed by atoms with Crippen molar-refractivity contribution in [3.8, 4) is 0 Å². The topological polar surface area (TPSA) is 15.6 Å². The first-order valence-corrected chi connectivity index (χ1v) is 6.95. The van der Waals surface area contributed by atoms with Crippen LogP contribution in [0.5, 0.6) is 0 Å². The van der Waals surface area contributed by atoms with Gasteiger partial charge in [0.2, 0.25) is 0 Å². The van der Waals surface area contributed by atoms with Gasteiger partial charge in [0.15, 0.2) is 0 Å². The first kappa shape index (κ1) is 14.0. The van der Waals surface area contributed by atoms with Crippen LogP contribution in [-0.4, -0.2) is 25.8 Å². The summed E-state index contributed by atoms with van der Waals surface area (Å²) in [6.45, 7) is 1.14. The van der Waals surface area contributed by atoms with Crippen molar-refractivity contribution >= 4 is 23.0 Å². The first-order valence-electron chi connectivity index (χ1n) is 6.58. The Hall–Kier alpha value is -1.94. The molecule has 21 heavy (non-hydrogen) atoms. The molecule has 0 N–H and O–H groups in total. The molecule has 0 aromatic heterocycles. The average Bonchev–Trinajstić information content (AvgIpc) is 2.59. The fraction of sp³-hybridized carbons (Fsp3) is 0.188. The van der Waals surface area contributed by atoms with E-state index in [1.807, 2.05) is 18.0 Å². The molecule has 2 nitrogen and oxygen atoms in total. The number of hydrogen-bond acceptors (Lipinski definition) is 2. The van der Waals surface area contributed by atoms with Crippen LogP contribution in [0.25, 0.3) is 0 Å². The number of anilines is 1. The highest BCUT2D eigenvalue weighted by Crippen LogP contribution is 2.29. The molecular weight excluding hydrogens is 294 g/mol. The van der Waals surface area contributed by atoms with Gasteiger partial charge in [-0.05, 0) is 30.3 Å². The van der Waals surface area contributed by atoms with E-state index in [1.165, 1.54) is 18.2 Å². The average molecular weight is 307 g/mol. The van der Waals surface area contributed by atoms with E-state index in [4.69, 9.17) is 11.6 Å². The van der Waals surface area contributed by atoms with Crippen molar-refractivity contribution < 1.29 is 8.78 Å². The molecule has 0 saturated heterocycles. The largest absolute Gasteiger partial charge is 0.372 e. The molecule has 108 valence electrons. The van der Waals surface area contributed by atoms with Gasteiger partial charge in [-0.3, -0.25) is 4.99 Å². The zero-order valence-electron chi connectivity index (χ0n) is 11.4. The molecule has 1 aliphatic rings. The number of nitrogens with zero attached hydrogens (tertiary/aromatic N) is 2. The first-order chi connectivity index (χ1) is 10.1. The predicted octanol–water partition coefficient (Wildman–Crippen LogP) is 3.91. The lowest BCUT2D eigenvalue weighted by Gasteiger charge is -2.19. The summed E-state index contributed by atoms with van der Waals surface area (Å²) in [5, 5.41) is 0.508. The quantitative estimate of drug-likeness (QED) is 0.780. The molecule has 2 aromatic rings. The van der Waals surface area contributed by atoms with Crippen LogP contribution >= 0.6 is 11.6 Å². The van der Waals surface area contributed by atoms with Crippen LogP contribution in [-0.2, 0) is 0 Å². The maximum atomic E-state index is 14.1. The summed E-state index contributed by atoms with van der Waals surface area (Å²) in [6, 6.07) is 9.12. The van der Waals surface area contributed by atoms with E-state index in [9.17, 15) is 8.78 Å². The van der Waals surface area contributed by atoms with E-state index in [0.717, 1.165) is 5.69 Å². The van der Waals surface area contributed by atoms with Gasteiger partial charge in [0.25, 0.3) is 0 Å². The predicted molar refractivity (Wildman–Crippen MR) is 81.6 cm³/mol. The second-order valence-corrected chi connectivity index (χ2v) is 5.35. The summed E-state index contributed by atoms with van der Waals surface area (Å²) in [5.41, 5.74) is 1.72. The molecule has 2 aromatic carbocycles. The lowest BCUT2D eigenvalue weighted by Crippen LogP contribution is -2.20. The summed E-state index contributed by atoms with van der Waals surface area (Å²) in [4.78, 5) is 6.39. The SMILES string of the molecule is CN1CCN=C(c2c(F)cccc2F)c2cc(Cl)ccc21. The number of hydrogen-bond donors (Lipinski definition) is 0. The maximum absolute atomic E-state index is 14.1. The van der Waals surface area contributed by atoms with Crippen molar-refractivity contribution in [3.63, 3.8) is 0 Å². The Morgan fingerprint density at radius 3 is 2.57 bits per heavy atom. The summed E-state index contributed by atoms with van der Waals surface area (Å²) in [6.07, 6.45) is 0. The number of fused-ring (bicyclic) bond motifs is 1. The molecule has 3 rings (SSSR count). The summed E-state index contributed by atoms with van der Waals surface area (Å²) in [5.74, 6) is -1.24. The molecule has 1 heterocycles. The number of benzene rings is 2. The van der Waals surface area contributed by atoms with Crippen molar-refractivity contribution in [2.45, 2.75) is 0 Å². The monoisotopic (exact) mass is 306 g/mol. The van der Waals surface area contributed by atoms with Gasteiger partial charge in [-0.1, -0.05) is 17.7 Å². The van der Waals surface area contributed by atoms with E-state index >= 15 is 0 Å². The molecule has 0 atom stereocenters. The zero-order chi connectivity index (χ0) is 15.0. The Bertz CT molecular complexity index is 708. The zero-order valence-corrected chi connectivity index (χ0v) is 12.2. The Balaban J connectivity index is 2.26. The van der Waals surface area contributed by atoms with Crippen LogP contribution < -0.4 is 4.90 Å². The standard InChI is InChI=1S/C16H13ClF2N2/c1-21-8-7-20-16(11-9-10(17)5-6-14(11)21)15-12(18)3-2-4-13(15)19/h2-6,9H,7-8H2,1H3. The minimum atomic E-state index is -0.621. The Kier molecular flexibility index (Phi) is 3.64. The summed E-state index contributed by atoms with van der Waals surface area (Å²) in [7, 11) is 1.92.